The minimum Gasteiger partial charge on any atom is -0.314 e. The van der Waals surface area contributed by atoms with Crippen LogP contribution < -0.4 is 5.32 Å². The molecule has 98 valence electrons. The second kappa shape index (κ2) is 6.10. The Hall–Kier alpha value is -1.22. The zero-order valence-corrected chi connectivity index (χ0v) is 10.7. The first-order chi connectivity index (χ1) is 8.65. The zero-order valence-electron chi connectivity index (χ0n) is 10.7. The number of hydrogen-bond donors (Lipinski definition) is 1. The number of benzene rings is 1. The third-order valence-corrected chi connectivity index (χ3v) is 3.34. The molecule has 0 aromatic heterocycles. The maximum absolute atomic E-state index is 13.5. The molecule has 0 saturated carbocycles. The van der Waals surface area contributed by atoms with Crippen LogP contribution in [0.2, 0.25) is 0 Å². The van der Waals surface area contributed by atoms with E-state index in [4.69, 9.17) is 0 Å². The average molecular weight is 251 g/mol. The highest BCUT2D eigenvalue weighted by Gasteiger charge is 2.12. The van der Waals surface area contributed by atoms with Crippen molar-refractivity contribution in [3.8, 4) is 0 Å². The van der Waals surface area contributed by atoms with Crippen LogP contribution in [0.15, 0.2) is 23.8 Å². The van der Waals surface area contributed by atoms with Crippen molar-refractivity contribution in [3.63, 3.8) is 0 Å². The molecule has 0 spiro atoms. The third-order valence-electron chi connectivity index (χ3n) is 3.34. The summed E-state index contributed by atoms with van der Waals surface area (Å²) < 4.78 is 26.5. The van der Waals surface area contributed by atoms with Crippen LogP contribution in [-0.4, -0.2) is 12.6 Å². The Morgan fingerprint density at radius 2 is 2.22 bits per heavy atom. The Balaban J connectivity index is 2.04. The van der Waals surface area contributed by atoms with Gasteiger partial charge in [-0.1, -0.05) is 18.1 Å². The molecule has 3 heteroatoms. The van der Waals surface area contributed by atoms with E-state index in [1.807, 2.05) is 6.92 Å². The quantitative estimate of drug-likeness (QED) is 0.859. The molecule has 1 atom stereocenters. The van der Waals surface area contributed by atoms with E-state index in [1.54, 1.807) is 6.08 Å². The normalized spacial score (nSPS) is 21.1. The van der Waals surface area contributed by atoms with Crippen LogP contribution in [0.25, 0.3) is 6.08 Å². The fraction of sp³-hybridized carbons (Fsp3) is 0.467. The van der Waals surface area contributed by atoms with Gasteiger partial charge in [0.1, 0.15) is 11.6 Å². The lowest BCUT2D eigenvalue weighted by atomic mass is 9.97. The maximum atomic E-state index is 13.5. The van der Waals surface area contributed by atoms with E-state index in [0.717, 1.165) is 31.0 Å². The van der Waals surface area contributed by atoms with Crippen molar-refractivity contribution in [2.24, 2.45) is 0 Å². The van der Waals surface area contributed by atoms with Crippen LogP contribution in [0, 0.1) is 11.6 Å². The van der Waals surface area contributed by atoms with Gasteiger partial charge in [0.25, 0.3) is 0 Å². The summed E-state index contributed by atoms with van der Waals surface area (Å²) >= 11 is 0. The van der Waals surface area contributed by atoms with Crippen LogP contribution in [0.1, 0.15) is 38.2 Å². The van der Waals surface area contributed by atoms with Crippen molar-refractivity contribution in [2.75, 3.05) is 6.54 Å². The van der Waals surface area contributed by atoms with Gasteiger partial charge in [-0.15, -0.1) is 0 Å². The molecule has 0 radical (unpaired) electrons. The van der Waals surface area contributed by atoms with E-state index >= 15 is 0 Å². The van der Waals surface area contributed by atoms with Crippen LogP contribution in [0.4, 0.5) is 8.78 Å². The molecule has 18 heavy (non-hydrogen) atoms. The summed E-state index contributed by atoms with van der Waals surface area (Å²) in [6.45, 7) is 3.03. The van der Waals surface area contributed by atoms with Crippen LogP contribution >= 0.6 is 0 Å². The Labute approximate surface area is 107 Å². The molecule has 0 amide bonds. The highest BCUT2D eigenvalue weighted by molar-refractivity contribution is 5.53. The van der Waals surface area contributed by atoms with Gasteiger partial charge in [-0.3, -0.25) is 0 Å². The van der Waals surface area contributed by atoms with Crippen molar-refractivity contribution in [3.05, 3.63) is 41.0 Å². The standard InChI is InChI=1S/C15H19F2N/c1-11(9-14-4-2-3-7-18-14)8-12-10-13(16)5-6-15(12)17/h5-6,8,10,14,18H,2-4,7,9H2,1H3/b11-8-. The molecule has 0 aliphatic carbocycles. The molecule has 1 unspecified atom stereocenters. The largest absolute Gasteiger partial charge is 0.314 e. The minimum absolute atomic E-state index is 0.336. The monoisotopic (exact) mass is 251 g/mol. The predicted molar refractivity (Wildman–Crippen MR) is 70.3 cm³/mol. The van der Waals surface area contributed by atoms with Gasteiger partial charge in [0, 0.05) is 11.6 Å². The van der Waals surface area contributed by atoms with Crippen LogP contribution in [0.5, 0.6) is 0 Å². The number of rotatable bonds is 3. The summed E-state index contributed by atoms with van der Waals surface area (Å²) in [7, 11) is 0. The van der Waals surface area contributed by atoms with Crippen LogP contribution in [-0.2, 0) is 0 Å². The molecule has 1 aliphatic rings. The molecule has 0 bridgehead atoms. The number of halogens is 2. The fourth-order valence-electron chi connectivity index (χ4n) is 2.44. The third kappa shape index (κ3) is 3.64. The van der Waals surface area contributed by atoms with E-state index in [0.29, 0.717) is 11.6 Å². The van der Waals surface area contributed by atoms with Gasteiger partial charge in [0.2, 0.25) is 0 Å². The van der Waals surface area contributed by atoms with Crippen molar-refractivity contribution >= 4 is 6.08 Å². The molecule has 2 rings (SSSR count). The average Bonchev–Trinajstić information content (AvgIpc) is 2.35. The van der Waals surface area contributed by atoms with Crippen LogP contribution in [0.3, 0.4) is 0 Å². The molecular weight excluding hydrogens is 232 g/mol. The molecule has 1 heterocycles. The summed E-state index contributed by atoms with van der Waals surface area (Å²) in [5, 5.41) is 3.45. The SMILES string of the molecule is C/C(=C/c1cc(F)ccc1F)CC1CCCCN1. The molecule has 1 nitrogen and oxygen atoms in total. The fourth-order valence-corrected chi connectivity index (χ4v) is 2.44. The summed E-state index contributed by atoms with van der Waals surface area (Å²) in [6, 6.07) is 4.04. The first-order valence-corrected chi connectivity index (χ1v) is 6.51. The number of piperidine rings is 1. The van der Waals surface area contributed by atoms with E-state index in [1.165, 1.54) is 25.0 Å². The van der Waals surface area contributed by atoms with Gasteiger partial charge in [-0.2, -0.15) is 0 Å². The molecule has 1 aromatic carbocycles. The first kappa shape index (κ1) is 13.2. The Kier molecular flexibility index (Phi) is 4.48. The van der Waals surface area contributed by atoms with E-state index in [9.17, 15) is 8.78 Å². The minimum atomic E-state index is -0.397. The van der Waals surface area contributed by atoms with Gasteiger partial charge >= 0.3 is 0 Å². The molecule has 1 aliphatic heterocycles. The molecule has 1 aromatic rings. The van der Waals surface area contributed by atoms with Gasteiger partial charge in [-0.25, -0.2) is 8.78 Å². The summed E-state index contributed by atoms with van der Waals surface area (Å²) in [5.41, 5.74) is 1.42. The zero-order chi connectivity index (χ0) is 13.0. The summed E-state index contributed by atoms with van der Waals surface area (Å²) in [4.78, 5) is 0. The lowest BCUT2D eigenvalue weighted by Gasteiger charge is -2.23. The van der Waals surface area contributed by atoms with Crippen molar-refractivity contribution < 1.29 is 8.78 Å². The van der Waals surface area contributed by atoms with E-state index < -0.39 is 5.82 Å². The van der Waals surface area contributed by atoms with Gasteiger partial charge in [0.05, 0.1) is 0 Å². The van der Waals surface area contributed by atoms with E-state index in [-0.39, 0.29) is 5.82 Å². The number of hydrogen-bond acceptors (Lipinski definition) is 1. The summed E-state index contributed by atoms with van der Waals surface area (Å²) in [6.07, 6.45) is 6.29. The second-order valence-corrected chi connectivity index (χ2v) is 5.01. The molecule has 1 N–H and O–H groups in total. The molecule has 1 saturated heterocycles. The molecular formula is C15H19F2N. The van der Waals surface area contributed by atoms with Gasteiger partial charge < -0.3 is 5.32 Å². The van der Waals surface area contributed by atoms with Crippen molar-refractivity contribution in [1.29, 1.82) is 0 Å². The second-order valence-electron chi connectivity index (χ2n) is 5.01. The summed E-state index contributed by atoms with van der Waals surface area (Å²) in [5.74, 6) is -0.765. The Bertz CT molecular complexity index is 434. The lowest BCUT2D eigenvalue weighted by molar-refractivity contribution is 0.399. The predicted octanol–water partition coefficient (Wildman–Crippen LogP) is 3.90. The number of nitrogens with one attached hydrogen (secondary N) is 1. The highest BCUT2D eigenvalue weighted by Crippen LogP contribution is 2.19. The Morgan fingerprint density at radius 3 is 2.94 bits per heavy atom. The van der Waals surface area contributed by atoms with Crippen molar-refractivity contribution in [2.45, 2.75) is 38.6 Å². The topological polar surface area (TPSA) is 12.0 Å². The van der Waals surface area contributed by atoms with Gasteiger partial charge in [-0.05, 0) is 50.9 Å². The highest BCUT2D eigenvalue weighted by atomic mass is 19.1. The lowest BCUT2D eigenvalue weighted by Crippen LogP contribution is -2.33. The first-order valence-electron chi connectivity index (χ1n) is 6.51. The van der Waals surface area contributed by atoms with Crippen molar-refractivity contribution in [1.82, 2.24) is 5.32 Å². The van der Waals surface area contributed by atoms with Gasteiger partial charge in [0.15, 0.2) is 0 Å². The Morgan fingerprint density at radius 1 is 1.39 bits per heavy atom. The van der Waals surface area contributed by atoms with E-state index in [2.05, 4.69) is 5.32 Å². The smallest absolute Gasteiger partial charge is 0.130 e. The maximum Gasteiger partial charge on any atom is 0.130 e. The molecule has 1 fully saturated rings.